The summed E-state index contributed by atoms with van der Waals surface area (Å²) < 4.78 is 28.5. The molecule has 0 radical (unpaired) electrons. The fourth-order valence-electron chi connectivity index (χ4n) is 4.46. The minimum Gasteiger partial charge on any atom is -0.493 e. The van der Waals surface area contributed by atoms with Gasteiger partial charge in [-0.05, 0) is 50.6 Å². The van der Waals surface area contributed by atoms with Crippen molar-refractivity contribution in [1.29, 1.82) is 0 Å². The first-order valence-electron chi connectivity index (χ1n) is 11.2. The van der Waals surface area contributed by atoms with Crippen LogP contribution in [0.4, 0.5) is 0 Å². The number of fused-ring (bicyclic) bond motifs is 1. The van der Waals surface area contributed by atoms with Gasteiger partial charge >= 0.3 is 0 Å². The fourth-order valence-corrected chi connectivity index (χ4v) is 4.46. The lowest BCUT2D eigenvalue weighted by Crippen LogP contribution is -2.46. The van der Waals surface area contributed by atoms with E-state index in [0.29, 0.717) is 46.1 Å². The van der Waals surface area contributed by atoms with Crippen molar-refractivity contribution in [3.05, 3.63) is 52.4 Å². The molecule has 0 unspecified atom stereocenters. The molecule has 1 saturated heterocycles. The molecule has 1 aliphatic rings. The number of ether oxygens (including phenoxy) is 4. The molecule has 1 aliphatic heterocycles. The van der Waals surface area contributed by atoms with Gasteiger partial charge in [0, 0.05) is 25.7 Å². The van der Waals surface area contributed by atoms with Gasteiger partial charge in [0.05, 0.1) is 37.4 Å². The molecule has 33 heavy (non-hydrogen) atoms. The Morgan fingerprint density at radius 1 is 1.00 bits per heavy atom. The van der Waals surface area contributed by atoms with E-state index in [1.54, 1.807) is 45.4 Å². The summed E-state index contributed by atoms with van der Waals surface area (Å²) in [5.41, 5.74) is 1.64. The lowest BCUT2D eigenvalue weighted by molar-refractivity contribution is -0.0699. The summed E-state index contributed by atoms with van der Waals surface area (Å²) >= 11 is 0. The summed E-state index contributed by atoms with van der Waals surface area (Å²) in [5, 5.41) is 0.508. The van der Waals surface area contributed by atoms with Gasteiger partial charge in [-0.1, -0.05) is 6.07 Å². The molecule has 176 valence electrons. The third-order valence-corrected chi connectivity index (χ3v) is 5.88. The van der Waals surface area contributed by atoms with Crippen molar-refractivity contribution < 1.29 is 23.4 Å². The molecular weight excluding hydrogens is 422 g/mol. The Bertz CT molecular complexity index is 1180. The second kappa shape index (κ2) is 9.85. The molecule has 2 heterocycles. The van der Waals surface area contributed by atoms with Crippen LogP contribution in [0.25, 0.3) is 22.1 Å². The molecule has 2 aromatic carbocycles. The highest BCUT2D eigenvalue weighted by molar-refractivity contribution is 5.84. The zero-order valence-electron chi connectivity index (χ0n) is 19.8. The fraction of sp³-hybridized carbons (Fsp3) is 0.423. The monoisotopic (exact) mass is 453 g/mol. The van der Waals surface area contributed by atoms with Crippen LogP contribution in [0.5, 0.6) is 17.2 Å². The molecule has 1 fully saturated rings. The van der Waals surface area contributed by atoms with Crippen molar-refractivity contribution in [3.8, 4) is 28.4 Å². The van der Waals surface area contributed by atoms with Gasteiger partial charge < -0.3 is 23.4 Å². The molecule has 0 spiro atoms. The van der Waals surface area contributed by atoms with E-state index in [0.717, 1.165) is 25.2 Å². The molecule has 0 aliphatic carbocycles. The molecule has 0 saturated carbocycles. The lowest BCUT2D eigenvalue weighted by Gasteiger charge is -2.35. The number of aryl methyl sites for hydroxylation is 1. The average Bonchev–Trinajstić information content (AvgIpc) is 2.78. The maximum Gasteiger partial charge on any atom is 0.200 e. The SMILES string of the molecule is COc1ccc(-c2c(C)oc3cc(OCCN4C[C@@H](C)O[C@H](C)C4)ccc3c2=O)cc1OC. The Kier molecular flexibility index (Phi) is 6.91. The molecule has 0 N–H and O–H groups in total. The Morgan fingerprint density at radius 3 is 2.42 bits per heavy atom. The van der Waals surface area contributed by atoms with Gasteiger partial charge in [-0.2, -0.15) is 0 Å². The second-order valence-electron chi connectivity index (χ2n) is 8.46. The number of rotatable bonds is 7. The van der Waals surface area contributed by atoms with Gasteiger partial charge in [0.15, 0.2) is 11.5 Å². The van der Waals surface area contributed by atoms with E-state index in [1.165, 1.54) is 0 Å². The van der Waals surface area contributed by atoms with Crippen LogP contribution in [0.3, 0.4) is 0 Å². The minimum atomic E-state index is -0.0937. The van der Waals surface area contributed by atoms with Crippen LogP contribution in [0.1, 0.15) is 19.6 Å². The molecule has 4 rings (SSSR count). The van der Waals surface area contributed by atoms with Crippen molar-refractivity contribution in [2.75, 3.05) is 40.5 Å². The van der Waals surface area contributed by atoms with Crippen molar-refractivity contribution >= 4 is 11.0 Å². The number of nitrogens with zero attached hydrogens (tertiary/aromatic N) is 1. The van der Waals surface area contributed by atoms with Crippen molar-refractivity contribution in [3.63, 3.8) is 0 Å². The van der Waals surface area contributed by atoms with Crippen LogP contribution < -0.4 is 19.6 Å². The molecule has 7 heteroatoms. The molecule has 1 aromatic heterocycles. The molecular formula is C26H31NO6. The smallest absolute Gasteiger partial charge is 0.200 e. The highest BCUT2D eigenvalue weighted by Gasteiger charge is 2.22. The van der Waals surface area contributed by atoms with Gasteiger partial charge in [0.1, 0.15) is 23.7 Å². The third kappa shape index (κ3) is 4.99. The molecule has 3 aromatic rings. The summed E-state index contributed by atoms with van der Waals surface area (Å²) in [6.07, 6.45) is 0.457. The largest absolute Gasteiger partial charge is 0.493 e. The van der Waals surface area contributed by atoms with Gasteiger partial charge in [0.2, 0.25) is 5.43 Å². The summed E-state index contributed by atoms with van der Waals surface area (Å²) in [6.45, 7) is 9.15. The average molecular weight is 454 g/mol. The standard InChI is InChI=1S/C26H31NO6/c1-16-14-27(15-17(2)32-16)10-11-31-20-7-8-21-23(13-20)33-18(3)25(26(21)28)19-6-9-22(29-4)24(12-19)30-5/h6-9,12-13,16-17H,10-11,14-15H2,1-5H3/t16-,17-/m1/s1. The van der Waals surface area contributed by atoms with E-state index in [9.17, 15) is 4.79 Å². The molecule has 0 amide bonds. The first-order valence-corrected chi connectivity index (χ1v) is 11.2. The lowest BCUT2D eigenvalue weighted by atomic mass is 10.0. The van der Waals surface area contributed by atoms with Gasteiger partial charge in [-0.3, -0.25) is 9.69 Å². The van der Waals surface area contributed by atoms with Crippen LogP contribution in [-0.4, -0.2) is 57.6 Å². The van der Waals surface area contributed by atoms with E-state index in [1.807, 2.05) is 12.1 Å². The zero-order chi connectivity index (χ0) is 23.5. The molecule has 7 nitrogen and oxygen atoms in total. The van der Waals surface area contributed by atoms with E-state index < -0.39 is 0 Å². The number of morpholine rings is 1. The number of benzene rings is 2. The Hall–Kier alpha value is -3.03. The third-order valence-electron chi connectivity index (χ3n) is 5.88. The van der Waals surface area contributed by atoms with Crippen LogP contribution in [-0.2, 0) is 4.74 Å². The highest BCUT2D eigenvalue weighted by atomic mass is 16.5. The van der Waals surface area contributed by atoms with E-state index >= 15 is 0 Å². The Balaban J connectivity index is 1.54. The number of hydrogen-bond donors (Lipinski definition) is 0. The quantitative estimate of drug-likeness (QED) is 0.529. The zero-order valence-corrected chi connectivity index (χ0v) is 19.8. The van der Waals surface area contributed by atoms with E-state index in [-0.39, 0.29) is 17.6 Å². The van der Waals surface area contributed by atoms with Crippen LogP contribution in [0.2, 0.25) is 0 Å². The van der Waals surface area contributed by atoms with Crippen LogP contribution >= 0.6 is 0 Å². The van der Waals surface area contributed by atoms with Gasteiger partial charge in [0.25, 0.3) is 0 Å². The number of methoxy groups -OCH3 is 2. The topological polar surface area (TPSA) is 70.4 Å². The predicted molar refractivity (Wildman–Crippen MR) is 128 cm³/mol. The minimum absolute atomic E-state index is 0.0937. The van der Waals surface area contributed by atoms with Gasteiger partial charge in [-0.15, -0.1) is 0 Å². The van der Waals surface area contributed by atoms with E-state index in [2.05, 4.69) is 18.7 Å². The molecule has 2 atom stereocenters. The summed E-state index contributed by atoms with van der Waals surface area (Å²) in [7, 11) is 3.15. The first kappa shape index (κ1) is 23.1. The van der Waals surface area contributed by atoms with Crippen molar-refractivity contribution in [1.82, 2.24) is 4.90 Å². The summed E-state index contributed by atoms with van der Waals surface area (Å²) in [6, 6.07) is 10.8. The number of hydrogen-bond acceptors (Lipinski definition) is 7. The van der Waals surface area contributed by atoms with Crippen molar-refractivity contribution in [2.24, 2.45) is 0 Å². The van der Waals surface area contributed by atoms with Crippen molar-refractivity contribution in [2.45, 2.75) is 33.0 Å². The second-order valence-corrected chi connectivity index (χ2v) is 8.46. The maximum absolute atomic E-state index is 13.3. The molecule has 0 bridgehead atoms. The Labute approximate surface area is 193 Å². The summed E-state index contributed by atoms with van der Waals surface area (Å²) in [5.74, 6) is 2.37. The van der Waals surface area contributed by atoms with Crippen LogP contribution in [0.15, 0.2) is 45.6 Å². The predicted octanol–water partition coefficient (Wildman–Crippen LogP) is 4.27. The van der Waals surface area contributed by atoms with Gasteiger partial charge in [-0.25, -0.2) is 0 Å². The first-order chi connectivity index (χ1) is 15.9. The summed E-state index contributed by atoms with van der Waals surface area (Å²) in [4.78, 5) is 15.7. The normalized spacial score (nSPS) is 18.9. The van der Waals surface area contributed by atoms with Crippen LogP contribution in [0, 0.1) is 6.92 Å². The highest BCUT2D eigenvalue weighted by Crippen LogP contribution is 2.33. The Morgan fingerprint density at radius 2 is 1.73 bits per heavy atom. The maximum atomic E-state index is 13.3. The van der Waals surface area contributed by atoms with E-state index in [4.69, 9.17) is 23.4 Å².